The summed E-state index contributed by atoms with van der Waals surface area (Å²) < 4.78 is 16.6. The van der Waals surface area contributed by atoms with Crippen LogP contribution in [0.5, 0.6) is 11.5 Å². The van der Waals surface area contributed by atoms with Crippen LogP contribution in [-0.4, -0.2) is 39.6 Å². The summed E-state index contributed by atoms with van der Waals surface area (Å²) in [5.41, 5.74) is 0.772. The maximum atomic E-state index is 5.34. The number of methoxy groups -OCH3 is 3. The largest absolute Gasteiger partial charge is 0.496 e. The highest BCUT2D eigenvalue weighted by atomic mass is 127. The van der Waals surface area contributed by atoms with Crippen LogP contribution in [0.3, 0.4) is 0 Å². The molecule has 2 N–H and O–H groups in total. The normalized spacial score (nSPS) is 10.0. The van der Waals surface area contributed by atoms with E-state index in [9.17, 15) is 0 Å². The van der Waals surface area contributed by atoms with Gasteiger partial charge in [0.2, 0.25) is 0 Å². The van der Waals surface area contributed by atoms with Crippen molar-refractivity contribution in [1.82, 2.24) is 5.32 Å². The molecule has 1 rings (SSSR count). The Hall–Kier alpha value is -0.800. The highest BCUT2D eigenvalue weighted by molar-refractivity contribution is 14.1. The van der Waals surface area contributed by atoms with E-state index in [0.717, 1.165) is 33.7 Å². The molecule has 0 unspecified atom stereocenters. The van der Waals surface area contributed by atoms with E-state index in [4.69, 9.17) is 26.4 Å². The molecule has 0 aromatic heterocycles. The minimum atomic E-state index is 0.544. The zero-order valence-corrected chi connectivity index (χ0v) is 14.8. The Morgan fingerprint density at radius 1 is 1.20 bits per heavy atom. The lowest BCUT2D eigenvalue weighted by Crippen LogP contribution is -2.29. The molecule has 1 aromatic carbocycles. The number of thiocarbonyl (C=S) groups is 1. The van der Waals surface area contributed by atoms with Crippen molar-refractivity contribution >= 4 is 45.6 Å². The number of ether oxygens (including phenoxy) is 3. The highest BCUT2D eigenvalue weighted by Gasteiger charge is 2.10. The molecule has 0 atom stereocenters. The van der Waals surface area contributed by atoms with Crippen molar-refractivity contribution in [2.45, 2.75) is 6.42 Å². The lowest BCUT2D eigenvalue weighted by Gasteiger charge is -2.15. The number of hydrogen-bond acceptors (Lipinski definition) is 4. The summed E-state index contributed by atoms with van der Waals surface area (Å²) in [6, 6.07) is 3.76. The van der Waals surface area contributed by atoms with Crippen molar-refractivity contribution in [1.29, 1.82) is 0 Å². The van der Waals surface area contributed by atoms with Gasteiger partial charge in [-0.1, -0.05) is 0 Å². The molecule has 0 aliphatic heterocycles. The van der Waals surface area contributed by atoms with Crippen LogP contribution in [0.4, 0.5) is 5.69 Å². The van der Waals surface area contributed by atoms with Crippen LogP contribution >= 0.6 is 34.8 Å². The van der Waals surface area contributed by atoms with Gasteiger partial charge in [-0.15, -0.1) is 0 Å². The van der Waals surface area contributed by atoms with Crippen LogP contribution in [0.15, 0.2) is 12.1 Å². The zero-order chi connectivity index (χ0) is 15.0. The first-order valence-corrected chi connectivity index (χ1v) is 7.56. The van der Waals surface area contributed by atoms with Crippen LogP contribution < -0.4 is 20.1 Å². The standard InChI is InChI=1S/C13H19IN2O3S/c1-17-6-4-5-15-13(20)16-10-8-11(18-2)9(14)7-12(10)19-3/h7-8H,4-6H2,1-3H3,(H2,15,16,20). The summed E-state index contributed by atoms with van der Waals surface area (Å²) in [4.78, 5) is 0. The summed E-state index contributed by atoms with van der Waals surface area (Å²) in [6.07, 6.45) is 0.894. The van der Waals surface area contributed by atoms with Crippen molar-refractivity contribution in [3.8, 4) is 11.5 Å². The number of anilines is 1. The second-order valence-electron chi connectivity index (χ2n) is 3.91. The molecule has 0 aliphatic rings. The third-order valence-corrected chi connectivity index (χ3v) is 3.62. The average Bonchev–Trinajstić information content (AvgIpc) is 2.45. The molecule has 20 heavy (non-hydrogen) atoms. The van der Waals surface area contributed by atoms with Crippen molar-refractivity contribution in [2.24, 2.45) is 0 Å². The molecule has 0 radical (unpaired) electrons. The summed E-state index contributed by atoms with van der Waals surface area (Å²) in [6.45, 7) is 1.46. The third kappa shape index (κ3) is 5.29. The van der Waals surface area contributed by atoms with E-state index in [1.807, 2.05) is 12.1 Å². The third-order valence-electron chi connectivity index (χ3n) is 2.53. The van der Waals surface area contributed by atoms with Gasteiger partial charge in [-0.25, -0.2) is 0 Å². The van der Waals surface area contributed by atoms with Crippen molar-refractivity contribution < 1.29 is 14.2 Å². The SMILES string of the molecule is COCCCNC(=S)Nc1cc(OC)c(I)cc1OC. The Morgan fingerprint density at radius 3 is 2.50 bits per heavy atom. The van der Waals surface area contributed by atoms with Crippen LogP contribution in [0, 0.1) is 3.57 Å². The van der Waals surface area contributed by atoms with E-state index in [-0.39, 0.29) is 0 Å². The van der Waals surface area contributed by atoms with E-state index in [1.165, 1.54) is 0 Å². The fourth-order valence-electron chi connectivity index (χ4n) is 1.54. The summed E-state index contributed by atoms with van der Waals surface area (Å²) in [7, 11) is 4.94. The number of rotatable bonds is 7. The molecule has 0 saturated carbocycles. The molecule has 1 aromatic rings. The summed E-state index contributed by atoms with van der Waals surface area (Å²) in [5, 5.41) is 6.77. The molecule has 112 valence electrons. The second-order valence-corrected chi connectivity index (χ2v) is 5.48. The molecular formula is C13H19IN2O3S. The van der Waals surface area contributed by atoms with Crippen molar-refractivity contribution in [3.63, 3.8) is 0 Å². The fourth-order valence-corrected chi connectivity index (χ4v) is 2.41. The lowest BCUT2D eigenvalue weighted by atomic mass is 10.2. The van der Waals surface area contributed by atoms with Gasteiger partial charge in [-0.05, 0) is 47.3 Å². The van der Waals surface area contributed by atoms with Gasteiger partial charge in [0.1, 0.15) is 11.5 Å². The van der Waals surface area contributed by atoms with Gasteiger partial charge in [-0.2, -0.15) is 0 Å². The van der Waals surface area contributed by atoms with Gasteiger partial charge < -0.3 is 24.8 Å². The lowest BCUT2D eigenvalue weighted by molar-refractivity contribution is 0.196. The zero-order valence-electron chi connectivity index (χ0n) is 11.8. The molecule has 0 bridgehead atoms. The molecule has 0 heterocycles. The molecule has 0 aliphatic carbocycles. The number of halogens is 1. The Morgan fingerprint density at radius 2 is 1.90 bits per heavy atom. The Kier molecular flexibility index (Phi) is 7.93. The molecule has 0 amide bonds. The number of benzene rings is 1. The smallest absolute Gasteiger partial charge is 0.170 e. The highest BCUT2D eigenvalue weighted by Crippen LogP contribution is 2.33. The Labute approximate surface area is 138 Å². The quantitative estimate of drug-likeness (QED) is 0.410. The predicted octanol–water partition coefficient (Wildman–Crippen LogP) is 2.63. The topological polar surface area (TPSA) is 51.8 Å². The maximum absolute atomic E-state index is 5.34. The van der Waals surface area contributed by atoms with Crippen molar-refractivity contribution in [3.05, 3.63) is 15.7 Å². The van der Waals surface area contributed by atoms with E-state index < -0.39 is 0 Å². The molecule has 0 spiro atoms. The van der Waals surface area contributed by atoms with Gasteiger partial charge in [0, 0.05) is 26.3 Å². The molecular weight excluding hydrogens is 391 g/mol. The van der Waals surface area contributed by atoms with Crippen LogP contribution in [0.25, 0.3) is 0 Å². The van der Waals surface area contributed by atoms with Crippen molar-refractivity contribution in [2.75, 3.05) is 39.8 Å². The van der Waals surface area contributed by atoms with Crippen LogP contribution in [-0.2, 0) is 4.74 Å². The first kappa shape index (κ1) is 17.3. The van der Waals surface area contributed by atoms with Gasteiger partial charge in [-0.3, -0.25) is 0 Å². The van der Waals surface area contributed by atoms with Gasteiger partial charge in [0.15, 0.2) is 5.11 Å². The first-order valence-electron chi connectivity index (χ1n) is 6.07. The second kappa shape index (κ2) is 9.19. The Balaban J connectivity index is 2.68. The maximum Gasteiger partial charge on any atom is 0.170 e. The number of hydrogen-bond donors (Lipinski definition) is 2. The van der Waals surface area contributed by atoms with Crippen LogP contribution in [0.1, 0.15) is 6.42 Å². The molecule has 7 heteroatoms. The van der Waals surface area contributed by atoms with E-state index in [1.54, 1.807) is 21.3 Å². The Bertz CT molecular complexity index is 457. The molecule has 0 fully saturated rings. The van der Waals surface area contributed by atoms with Gasteiger partial charge in [0.25, 0.3) is 0 Å². The van der Waals surface area contributed by atoms with Gasteiger partial charge >= 0.3 is 0 Å². The van der Waals surface area contributed by atoms with Crippen LogP contribution in [0.2, 0.25) is 0 Å². The monoisotopic (exact) mass is 410 g/mol. The van der Waals surface area contributed by atoms with E-state index in [2.05, 4.69) is 33.2 Å². The summed E-state index contributed by atoms with van der Waals surface area (Å²) in [5.74, 6) is 1.49. The predicted molar refractivity (Wildman–Crippen MR) is 93.0 cm³/mol. The molecule has 5 nitrogen and oxygen atoms in total. The first-order chi connectivity index (χ1) is 9.62. The number of nitrogens with one attached hydrogen (secondary N) is 2. The van der Waals surface area contributed by atoms with E-state index in [0.29, 0.717) is 11.7 Å². The molecule has 0 saturated heterocycles. The summed E-state index contributed by atoms with van der Waals surface area (Å²) >= 11 is 7.44. The average molecular weight is 410 g/mol. The fraction of sp³-hybridized carbons (Fsp3) is 0.462. The minimum Gasteiger partial charge on any atom is -0.496 e. The van der Waals surface area contributed by atoms with E-state index >= 15 is 0 Å². The van der Waals surface area contributed by atoms with Gasteiger partial charge in [0.05, 0.1) is 23.5 Å². The minimum absolute atomic E-state index is 0.544.